The van der Waals surface area contributed by atoms with E-state index < -0.39 is 0 Å². The van der Waals surface area contributed by atoms with Crippen molar-refractivity contribution in [1.29, 1.82) is 0 Å². The van der Waals surface area contributed by atoms with Crippen LogP contribution in [-0.2, 0) is 4.74 Å². The molecule has 0 bridgehead atoms. The lowest BCUT2D eigenvalue weighted by Gasteiger charge is -2.40. The SMILES string of the molecule is CC(C)N1CCC(N2CC[C@H](O)[C@@H](N3CCOCC3)CC2)CC1. The van der Waals surface area contributed by atoms with E-state index in [1.807, 2.05) is 0 Å². The average molecular weight is 325 g/mol. The highest BCUT2D eigenvalue weighted by Gasteiger charge is 2.33. The molecule has 5 nitrogen and oxygen atoms in total. The topological polar surface area (TPSA) is 39.2 Å². The van der Waals surface area contributed by atoms with Gasteiger partial charge >= 0.3 is 0 Å². The van der Waals surface area contributed by atoms with Gasteiger partial charge in [-0.05, 0) is 52.6 Å². The molecule has 3 rings (SSSR count). The highest BCUT2D eigenvalue weighted by atomic mass is 16.5. The van der Waals surface area contributed by atoms with E-state index in [1.54, 1.807) is 0 Å². The molecule has 3 aliphatic rings. The van der Waals surface area contributed by atoms with Gasteiger partial charge in [-0.1, -0.05) is 0 Å². The van der Waals surface area contributed by atoms with Crippen molar-refractivity contribution < 1.29 is 9.84 Å². The summed E-state index contributed by atoms with van der Waals surface area (Å²) < 4.78 is 5.46. The van der Waals surface area contributed by atoms with Crippen LogP contribution in [0.3, 0.4) is 0 Å². The van der Waals surface area contributed by atoms with Crippen molar-refractivity contribution in [2.75, 3.05) is 52.5 Å². The Morgan fingerprint density at radius 2 is 1.48 bits per heavy atom. The molecule has 3 aliphatic heterocycles. The van der Waals surface area contributed by atoms with Gasteiger partial charge in [0.15, 0.2) is 0 Å². The molecule has 5 heteroatoms. The Morgan fingerprint density at radius 3 is 2.13 bits per heavy atom. The number of ether oxygens (including phenoxy) is 1. The molecule has 23 heavy (non-hydrogen) atoms. The van der Waals surface area contributed by atoms with E-state index in [2.05, 4.69) is 28.5 Å². The molecule has 0 radical (unpaired) electrons. The van der Waals surface area contributed by atoms with Gasteiger partial charge in [-0.3, -0.25) is 4.90 Å². The fourth-order valence-corrected chi connectivity index (χ4v) is 4.56. The number of rotatable bonds is 3. The molecule has 0 amide bonds. The van der Waals surface area contributed by atoms with Gasteiger partial charge in [0, 0.05) is 44.3 Å². The second-order valence-corrected chi connectivity index (χ2v) is 7.76. The van der Waals surface area contributed by atoms with Crippen molar-refractivity contribution in [3.05, 3.63) is 0 Å². The number of aliphatic hydroxyl groups excluding tert-OH is 1. The first-order chi connectivity index (χ1) is 11.1. The molecular weight excluding hydrogens is 290 g/mol. The largest absolute Gasteiger partial charge is 0.391 e. The van der Waals surface area contributed by atoms with Crippen molar-refractivity contribution in [1.82, 2.24) is 14.7 Å². The Hall–Kier alpha value is -0.200. The molecule has 0 aromatic carbocycles. The van der Waals surface area contributed by atoms with Crippen LogP contribution in [0.1, 0.15) is 39.5 Å². The van der Waals surface area contributed by atoms with Gasteiger partial charge < -0.3 is 19.6 Å². The van der Waals surface area contributed by atoms with E-state index in [0.717, 1.165) is 58.3 Å². The summed E-state index contributed by atoms with van der Waals surface area (Å²) in [5.41, 5.74) is 0. The van der Waals surface area contributed by atoms with Crippen molar-refractivity contribution in [2.24, 2.45) is 0 Å². The second-order valence-electron chi connectivity index (χ2n) is 7.76. The highest BCUT2D eigenvalue weighted by Crippen LogP contribution is 2.24. The van der Waals surface area contributed by atoms with Gasteiger partial charge in [0.25, 0.3) is 0 Å². The number of nitrogens with zero attached hydrogens (tertiary/aromatic N) is 3. The number of hydrogen-bond donors (Lipinski definition) is 1. The van der Waals surface area contributed by atoms with Gasteiger partial charge in [-0.25, -0.2) is 0 Å². The molecule has 3 fully saturated rings. The quantitative estimate of drug-likeness (QED) is 0.839. The van der Waals surface area contributed by atoms with E-state index in [4.69, 9.17) is 4.74 Å². The van der Waals surface area contributed by atoms with E-state index >= 15 is 0 Å². The zero-order valence-corrected chi connectivity index (χ0v) is 15.0. The maximum Gasteiger partial charge on any atom is 0.0708 e. The molecule has 0 spiro atoms. The molecular formula is C18H35N3O2. The lowest BCUT2D eigenvalue weighted by molar-refractivity contribution is -0.0222. The molecule has 0 aromatic heterocycles. The average Bonchev–Trinajstić information content (AvgIpc) is 2.77. The van der Waals surface area contributed by atoms with Crippen molar-refractivity contribution >= 4 is 0 Å². The third-order valence-corrected chi connectivity index (χ3v) is 6.13. The van der Waals surface area contributed by atoms with E-state index in [1.165, 1.54) is 25.9 Å². The minimum atomic E-state index is -0.172. The van der Waals surface area contributed by atoms with Crippen LogP contribution in [0, 0.1) is 0 Å². The lowest BCUT2D eigenvalue weighted by Crippen LogP contribution is -2.49. The first-order valence-electron chi connectivity index (χ1n) is 9.63. The van der Waals surface area contributed by atoms with Gasteiger partial charge in [-0.15, -0.1) is 0 Å². The van der Waals surface area contributed by atoms with Gasteiger partial charge in [0.05, 0.1) is 19.3 Å². The maximum atomic E-state index is 10.6. The number of hydrogen-bond acceptors (Lipinski definition) is 5. The Bertz CT molecular complexity index is 352. The van der Waals surface area contributed by atoms with Crippen LogP contribution in [0.15, 0.2) is 0 Å². The minimum Gasteiger partial charge on any atom is -0.391 e. The molecule has 2 atom stereocenters. The predicted octanol–water partition coefficient (Wildman–Crippen LogP) is 1.02. The second kappa shape index (κ2) is 8.26. The summed E-state index contributed by atoms with van der Waals surface area (Å²) in [6, 6.07) is 1.73. The Balaban J connectivity index is 1.51. The van der Waals surface area contributed by atoms with Gasteiger partial charge in [0.2, 0.25) is 0 Å². The van der Waals surface area contributed by atoms with Crippen molar-refractivity contribution in [3.63, 3.8) is 0 Å². The summed E-state index contributed by atoms with van der Waals surface area (Å²) >= 11 is 0. The summed E-state index contributed by atoms with van der Waals surface area (Å²) in [6.45, 7) is 12.9. The van der Waals surface area contributed by atoms with Crippen molar-refractivity contribution in [3.8, 4) is 0 Å². The number of piperidine rings is 1. The van der Waals surface area contributed by atoms with Crippen LogP contribution in [0.25, 0.3) is 0 Å². The molecule has 134 valence electrons. The third kappa shape index (κ3) is 4.45. The molecule has 0 saturated carbocycles. The zero-order chi connectivity index (χ0) is 16.2. The van der Waals surface area contributed by atoms with Gasteiger partial charge in [0.1, 0.15) is 0 Å². The first-order valence-corrected chi connectivity index (χ1v) is 9.63. The van der Waals surface area contributed by atoms with Gasteiger partial charge in [-0.2, -0.15) is 0 Å². The molecule has 0 aromatic rings. The Labute approximate surface area is 141 Å². The van der Waals surface area contributed by atoms with E-state index in [-0.39, 0.29) is 6.10 Å². The molecule has 3 saturated heterocycles. The maximum absolute atomic E-state index is 10.6. The number of likely N-dealkylation sites (tertiary alicyclic amines) is 2. The monoisotopic (exact) mass is 325 g/mol. The molecule has 3 heterocycles. The Morgan fingerprint density at radius 1 is 0.826 bits per heavy atom. The van der Waals surface area contributed by atoms with Crippen LogP contribution in [0.2, 0.25) is 0 Å². The van der Waals surface area contributed by atoms with E-state index in [9.17, 15) is 5.11 Å². The standard InChI is InChI=1S/C18H35N3O2/c1-15(2)19-7-3-16(4-8-19)20-9-5-17(18(22)6-10-20)21-11-13-23-14-12-21/h15-18,22H,3-14H2,1-2H3/t17-,18-/m0/s1. The fourth-order valence-electron chi connectivity index (χ4n) is 4.56. The minimum absolute atomic E-state index is 0.172. The summed E-state index contributed by atoms with van der Waals surface area (Å²) in [6.07, 6.45) is 4.43. The summed E-state index contributed by atoms with van der Waals surface area (Å²) in [4.78, 5) is 7.72. The first kappa shape index (κ1) is 17.6. The van der Waals surface area contributed by atoms with Crippen LogP contribution < -0.4 is 0 Å². The van der Waals surface area contributed by atoms with E-state index in [0.29, 0.717) is 12.1 Å². The van der Waals surface area contributed by atoms with Crippen molar-refractivity contribution in [2.45, 2.75) is 63.8 Å². The smallest absolute Gasteiger partial charge is 0.0708 e. The van der Waals surface area contributed by atoms with Crippen LogP contribution in [0.5, 0.6) is 0 Å². The summed E-state index contributed by atoms with van der Waals surface area (Å²) in [5.74, 6) is 0. The van der Waals surface area contributed by atoms with Crippen LogP contribution in [-0.4, -0.2) is 96.5 Å². The Kier molecular flexibility index (Phi) is 6.32. The molecule has 1 N–H and O–H groups in total. The molecule has 0 aliphatic carbocycles. The predicted molar refractivity (Wildman–Crippen MR) is 92.7 cm³/mol. The van der Waals surface area contributed by atoms with Crippen LogP contribution >= 0.6 is 0 Å². The summed E-state index contributed by atoms with van der Waals surface area (Å²) in [7, 11) is 0. The molecule has 0 unspecified atom stereocenters. The fraction of sp³-hybridized carbons (Fsp3) is 1.00. The zero-order valence-electron chi connectivity index (χ0n) is 15.0. The summed E-state index contributed by atoms with van der Waals surface area (Å²) in [5, 5.41) is 10.6. The highest BCUT2D eigenvalue weighted by molar-refractivity contribution is 4.89. The lowest BCUT2D eigenvalue weighted by atomic mass is 10.0. The normalized spacial score (nSPS) is 33.9. The number of aliphatic hydroxyl groups is 1. The van der Waals surface area contributed by atoms with Crippen LogP contribution in [0.4, 0.5) is 0 Å². The third-order valence-electron chi connectivity index (χ3n) is 6.13. The number of morpholine rings is 1.